The number of halogens is 2. The molecule has 0 atom stereocenters. The average molecular weight is 252 g/mol. The number of aromatic nitrogens is 1. The molecule has 1 nitrogen and oxygen atoms in total. The fourth-order valence-corrected chi connectivity index (χ4v) is 3.08. The molecule has 0 unspecified atom stereocenters. The second-order valence-corrected chi connectivity index (χ2v) is 4.98. The van der Waals surface area contributed by atoms with Crippen LogP contribution in [-0.4, -0.2) is 4.98 Å². The van der Waals surface area contributed by atoms with Crippen LogP contribution in [0.3, 0.4) is 0 Å². The maximum atomic E-state index is 6.44. The summed E-state index contributed by atoms with van der Waals surface area (Å²) >= 11 is 12.6. The molecule has 3 heteroatoms. The van der Waals surface area contributed by atoms with Gasteiger partial charge in [0.1, 0.15) is 0 Å². The Labute approximate surface area is 104 Å². The van der Waals surface area contributed by atoms with Crippen molar-refractivity contribution in [1.29, 1.82) is 0 Å². The Kier molecular flexibility index (Phi) is 2.53. The Hall–Kier alpha value is -0.790. The van der Waals surface area contributed by atoms with Crippen molar-refractivity contribution in [2.75, 3.05) is 0 Å². The van der Waals surface area contributed by atoms with Gasteiger partial charge in [0.25, 0.3) is 0 Å². The molecule has 0 N–H and O–H groups in total. The van der Waals surface area contributed by atoms with E-state index in [0.717, 1.165) is 34.5 Å². The van der Waals surface area contributed by atoms with Crippen molar-refractivity contribution in [2.24, 2.45) is 0 Å². The molecule has 0 fully saturated rings. The quantitative estimate of drug-likeness (QED) is 0.676. The number of benzene rings is 1. The summed E-state index contributed by atoms with van der Waals surface area (Å²) in [4.78, 5) is 4.67. The summed E-state index contributed by atoms with van der Waals surface area (Å²) in [5.74, 6) is 0. The van der Waals surface area contributed by atoms with Gasteiger partial charge in [-0.2, -0.15) is 0 Å². The molecule has 0 amide bonds. The van der Waals surface area contributed by atoms with E-state index < -0.39 is 0 Å². The molecule has 2 aromatic rings. The van der Waals surface area contributed by atoms with Crippen molar-refractivity contribution in [3.8, 4) is 0 Å². The van der Waals surface area contributed by atoms with Gasteiger partial charge in [-0.05, 0) is 43.4 Å². The molecule has 3 rings (SSSR count). The zero-order chi connectivity index (χ0) is 11.1. The van der Waals surface area contributed by atoms with E-state index in [-0.39, 0.29) is 0 Å². The molecule has 1 heterocycles. The molecule has 0 bridgehead atoms. The zero-order valence-electron chi connectivity index (χ0n) is 8.76. The number of hydrogen-bond donors (Lipinski definition) is 0. The van der Waals surface area contributed by atoms with E-state index in [1.807, 2.05) is 18.2 Å². The number of nitrogens with zero attached hydrogens (tertiary/aromatic N) is 1. The van der Waals surface area contributed by atoms with Crippen LogP contribution in [0.2, 0.25) is 10.0 Å². The summed E-state index contributed by atoms with van der Waals surface area (Å²) < 4.78 is 0. The largest absolute Gasteiger partial charge is 0.252 e. The van der Waals surface area contributed by atoms with E-state index in [2.05, 4.69) is 4.98 Å². The fraction of sp³-hybridized carbons (Fsp3) is 0.308. The van der Waals surface area contributed by atoms with E-state index in [0.29, 0.717) is 5.02 Å². The Morgan fingerprint density at radius 3 is 2.75 bits per heavy atom. The third kappa shape index (κ3) is 1.50. The predicted molar refractivity (Wildman–Crippen MR) is 68.4 cm³/mol. The Balaban J connectivity index is 2.40. The lowest BCUT2D eigenvalue weighted by Gasteiger charge is -2.18. The first-order valence-electron chi connectivity index (χ1n) is 5.53. The zero-order valence-corrected chi connectivity index (χ0v) is 10.3. The van der Waals surface area contributed by atoms with Crippen molar-refractivity contribution >= 4 is 34.1 Å². The summed E-state index contributed by atoms with van der Waals surface area (Å²) in [7, 11) is 0. The normalized spacial score (nSPS) is 15.1. The number of fused-ring (bicyclic) bond motifs is 2. The van der Waals surface area contributed by atoms with Crippen molar-refractivity contribution in [3.63, 3.8) is 0 Å². The Morgan fingerprint density at radius 1 is 1.06 bits per heavy atom. The van der Waals surface area contributed by atoms with Gasteiger partial charge in [-0.15, -0.1) is 0 Å². The van der Waals surface area contributed by atoms with E-state index >= 15 is 0 Å². The van der Waals surface area contributed by atoms with E-state index in [4.69, 9.17) is 23.2 Å². The van der Waals surface area contributed by atoms with Gasteiger partial charge in [-0.1, -0.05) is 29.3 Å². The lowest BCUT2D eigenvalue weighted by Crippen LogP contribution is -2.06. The molecular weight excluding hydrogens is 241 g/mol. The number of pyridine rings is 1. The van der Waals surface area contributed by atoms with Crippen LogP contribution in [0.15, 0.2) is 18.2 Å². The van der Waals surface area contributed by atoms with Crippen LogP contribution in [0.25, 0.3) is 10.9 Å². The molecule has 1 aromatic heterocycles. The van der Waals surface area contributed by atoms with Crippen LogP contribution in [-0.2, 0) is 12.8 Å². The minimum Gasteiger partial charge on any atom is -0.252 e. The molecule has 82 valence electrons. The summed E-state index contributed by atoms with van der Waals surface area (Å²) in [6, 6.07) is 5.76. The second kappa shape index (κ2) is 3.90. The van der Waals surface area contributed by atoms with Crippen LogP contribution >= 0.6 is 23.2 Å². The van der Waals surface area contributed by atoms with Crippen LogP contribution in [0.4, 0.5) is 0 Å². The molecule has 0 aliphatic heterocycles. The van der Waals surface area contributed by atoms with Crippen LogP contribution in [0.1, 0.15) is 24.1 Å². The standard InChI is InChI=1S/C13H11Cl2N/c14-9-5-3-7-11-12(9)13(15)8-4-1-2-6-10(8)16-11/h3,5,7H,1-2,4,6H2. The molecule has 0 spiro atoms. The molecule has 0 radical (unpaired) electrons. The maximum Gasteiger partial charge on any atom is 0.0735 e. The first kappa shape index (κ1) is 10.4. The lowest BCUT2D eigenvalue weighted by molar-refractivity contribution is 0.671. The topological polar surface area (TPSA) is 12.9 Å². The minimum absolute atomic E-state index is 0.698. The van der Waals surface area contributed by atoms with Crippen molar-refractivity contribution in [2.45, 2.75) is 25.7 Å². The highest BCUT2D eigenvalue weighted by Crippen LogP contribution is 2.36. The lowest BCUT2D eigenvalue weighted by atomic mass is 9.94. The molecule has 16 heavy (non-hydrogen) atoms. The monoisotopic (exact) mass is 251 g/mol. The Morgan fingerprint density at radius 2 is 1.88 bits per heavy atom. The van der Waals surface area contributed by atoms with E-state index in [9.17, 15) is 0 Å². The second-order valence-electron chi connectivity index (χ2n) is 4.19. The average Bonchev–Trinajstić information content (AvgIpc) is 2.29. The highest BCUT2D eigenvalue weighted by atomic mass is 35.5. The number of rotatable bonds is 0. The molecule has 1 aliphatic carbocycles. The minimum atomic E-state index is 0.698. The molecule has 1 aliphatic rings. The van der Waals surface area contributed by atoms with Gasteiger partial charge in [0.2, 0.25) is 0 Å². The van der Waals surface area contributed by atoms with Gasteiger partial charge >= 0.3 is 0 Å². The first-order chi connectivity index (χ1) is 7.77. The third-order valence-electron chi connectivity index (χ3n) is 3.17. The summed E-state index contributed by atoms with van der Waals surface area (Å²) in [6.45, 7) is 0. The van der Waals surface area contributed by atoms with Gasteiger partial charge in [0.05, 0.1) is 15.6 Å². The van der Waals surface area contributed by atoms with Crippen LogP contribution < -0.4 is 0 Å². The fourth-order valence-electron chi connectivity index (χ4n) is 2.37. The molecular formula is C13H11Cl2N. The van der Waals surface area contributed by atoms with Gasteiger partial charge in [0, 0.05) is 11.1 Å². The van der Waals surface area contributed by atoms with Gasteiger partial charge in [0.15, 0.2) is 0 Å². The highest BCUT2D eigenvalue weighted by molar-refractivity contribution is 6.42. The number of hydrogen-bond acceptors (Lipinski definition) is 1. The predicted octanol–water partition coefficient (Wildman–Crippen LogP) is 4.42. The molecule has 0 saturated carbocycles. The summed E-state index contributed by atoms with van der Waals surface area (Å²) in [6.07, 6.45) is 4.48. The van der Waals surface area contributed by atoms with Gasteiger partial charge < -0.3 is 0 Å². The molecule has 0 saturated heterocycles. The van der Waals surface area contributed by atoms with Crippen molar-refractivity contribution < 1.29 is 0 Å². The van der Waals surface area contributed by atoms with E-state index in [1.54, 1.807) is 0 Å². The summed E-state index contributed by atoms with van der Waals surface area (Å²) in [5, 5.41) is 2.42. The SMILES string of the molecule is Clc1cccc2nc3c(c(Cl)c12)CCCC3. The van der Waals surface area contributed by atoms with Crippen molar-refractivity contribution in [1.82, 2.24) is 4.98 Å². The summed E-state index contributed by atoms with van der Waals surface area (Å²) in [5.41, 5.74) is 3.28. The Bertz CT molecular complexity index is 563. The van der Waals surface area contributed by atoms with Crippen molar-refractivity contribution in [3.05, 3.63) is 39.5 Å². The third-order valence-corrected chi connectivity index (χ3v) is 3.90. The van der Waals surface area contributed by atoms with Gasteiger partial charge in [-0.25, -0.2) is 0 Å². The smallest absolute Gasteiger partial charge is 0.0735 e. The molecule has 1 aromatic carbocycles. The van der Waals surface area contributed by atoms with Gasteiger partial charge in [-0.3, -0.25) is 4.98 Å². The maximum absolute atomic E-state index is 6.44. The van der Waals surface area contributed by atoms with E-state index in [1.165, 1.54) is 18.4 Å². The van der Waals surface area contributed by atoms with Crippen LogP contribution in [0.5, 0.6) is 0 Å². The number of aryl methyl sites for hydroxylation is 1. The first-order valence-corrected chi connectivity index (χ1v) is 6.28. The van der Waals surface area contributed by atoms with Crippen LogP contribution in [0, 0.1) is 0 Å². The highest BCUT2D eigenvalue weighted by Gasteiger charge is 2.17.